The van der Waals surface area contributed by atoms with Gasteiger partial charge in [0.2, 0.25) is 5.88 Å². The smallest absolute Gasteiger partial charge is 0.217 e. The van der Waals surface area contributed by atoms with E-state index >= 15 is 0 Å². The molecule has 1 N–H and O–H groups in total. The van der Waals surface area contributed by atoms with Gasteiger partial charge in [0, 0.05) is 41.1 Å². The van der Waals surface area contributed by atoms with Crippen LogP contribution in [0.3, 0.4) is 0 Å². The third-order valence-corrected chi connectivity index (χ3v) is 3.99. The third kappa shape index (κ3) is 3.66. The van der Waals surface area contributed by atoms with Crippen LogP contribution in [0.1, 0.15) is 11.1 Å². The number of nitrogens with zero attached hydrogens (tertiary/aromatic N) is 2. The van der Waals surface area contributed by atoms with Gasteiger partial charge in [0.1, 0.15) is 6.61 Å². The molecule has 0 aliphatic rings. The number of halogens is 1. The molecule has 24 heavy (non-hydrogen) atoms. The van der Waals surface area contributed by atoms with Crippen molar-refractivity contribution in [3.8, 4) is 17.3 Å². The first-order valence-electron chi connectivity index (χ1n) is 7.65. The Labute approximate surface area is 146 Å². The van der Waals surface area contributed by atoms with Crippen molar-refractivity contribution in [3.63, 3.8) is 0 Å². The molecule has 0 unspecified atom stereocenters. The SMILES string of the molecule is CNc1cccc(C)c1COc1ccnc(-c2cccc(Cl)c2)n1. The molecule has 0 aliphatic carbocycles. The molecule has 1 heterocycles. The largest absolute Gasteiger partial charge is 0.473 e. The fourth-order valence-corrected chi connectivity index (χ4v) is 2.65. The molecule has 0 saturated carbocycles. The summed E-state index contributed by atoms with van der Waals surface area (Å²) in [5, 5.41) is 3.84. The molecule has 3 rings (SSSR count). The number of nitrogens with one attached hydrogen (secondary N) is 1. The van der Waals surface area contributed by atoms with Crippen LogP contribution in [-0.4, -0.2) is 17.0 Å². The van der Waals surface area contributed by atoms with Crippen molar-refractivity contribution >= 4 is 17.3 Å². The zero-order valence-corrected chi connectivity index (χ0v) is 14.3. The first kappa shape index (κ1) is 16.3. The molecule has 0 saturated heterocycles. The van der Waals surface area contributed by atoms with E-state index in [-0.39, 0.29) is 0 Å². The average Bonchev–Trinajstić information content (AvgIpc) is 2.60. The van der Waals surface area contributed by atoms with Gasteiger partial charge in [-0.1, -0.05) is 35.9 Å². The summed E-state index contributed by atoms with van der Waals surface area (Å²) in [6, 6.07) is 15.3. The van der Waals surface area contributed by atoms with Crippen molar-refractivity contribution in [3.05, 3.63) is 70.9 Å². The minimum absolute atomic E-state index is 0.439. The second-order valence-corrected chi connectivity index (χ2v) is 5.80. The summed E-state index contributed by atoms with van der Waals surface area (Å²) in [5.41, 5.74) is 4.20. The first-order valence-corrected chi connectivity index (χ1v) is 8.03. The second kappa shape index (κ2) is 7.32. The van der Waals surface area contributed by atoms with Gasteiger partial charge in [-0.2, -0.15) is 4.98 Å². The molecular weight excluding hydrogens is 322 g/mol. The van der Waals surface area contributed by atoms with E-state index in [1.54, 1.807) is 12.3 Å². The van der Waals surface area contributed by atoms with E-state index in [0.29, 0.717) is 23.3 Å². The van der Waals surface area contributed by atoms with Crippen LogP contribution in [0.15, 0.2) is 54.7 Å². The van der Waals surface area contributed by atoms with Crippen LogP contribution in [0, 0.1) is 6.92 Å². The number of aryl methyl sites for hydroxylation is 1. The van der Waals surface area contributed by atoms with Crippen LogP contribution in [-0.2, 0) is 6.61 Å². The Hall–Kier alpha value is -2.59. The average molecular weight is 340 g/mol. The molecule has 0 bridgehead atoms. The van der Waals surface area contributed by atoms with Crippen molar-refractivity contribution in [1.29, 1.82) is 0 Å². The first-order chi connectivity index (χ1) is 11.7. The van der Waals surface area contributed by atoms with Crippen LogP contribution in [0.5, 0.6) is 5.88 Å². The molecule has 122 valence electrons. The van der Waals surface area contributed by atoms with Crippen molar-refractivity contribution in [1.82, 2.24) is 9.97 Å². The molecular formula is C19H18ClN3O. The van der Waals surface area contributed by atoms with E-state index in [1.165, 1.54) is 5.56 Å². The highest BCUT2D eigenvalue weighted by Crippen LogP contribution is 2.23. The zero-order chi connectivity index (χ0) is 16.9. The van der Waals surface area contributed by atoms with Crippen LogP contribution in [0.2, 0.25) is 5.02 Å². The molecule has 4 nitrogen and oxygen atoms in total. The second-order valence-electron chi connectivity index (χ2n) is 5.37. The van der Waals surface area contributed by atoms with Gasteiger partial charge in [-0.25, -0.2) is 4.98 Å². The van der Waals surface area contributed by atoms with Crippen molar-refractivity contribution in [2.24, 2.45) is 0 Å². The minimum Gasteiger partial charge on any atom is -0.473 e. The van der Waals surface area contributed by atoms with Crippen molar-refractivity contribution in [2.75, 3.05) is 12.4 Å². The van der Waals surface area contributed by atoms with Gasteiger partial charge in [-0.3, -0.25) is 0 Å². The monoisotopic (exact) mass is 339 g/mol. The number of hydrogen-bond acceptors (Lipinski definition) is 4. The Morgan fingerprint density at radius 3 is 2.75 bits per heavy atom. The Morgan fingerprint density at radius 2 is 1.96 bits per heavy atom. The normalized spacial score (nSPS) is 10.5. The fourth-order valence-electron chi connectivity index (χ4n) is 2.46. The summed E-state index contributed by atoms with van der Waals surface area (Å²) in [6.45, 7) is 2.51. The van der Waals surface area contributed by atoms with E-state index in [0.717, 1.165) is 16.8 Å². The van der Waals surface area contributed by atoms with Crippen LogP contribution >= 0.6 is 11.6 Å². The Bertz CT molecular complexity index is 852. The Balaban J connectivity index is 1.81. The summed E-state index contributed by atoms with van der Waals surface area (Å²) in [7, 11) is 1.90. The number of ether oxygens (including phenoxy) is 1. The maximum Gasteiger partial charge on any atom is 0.217 e. The molecule has 0 aliphatic heterocycles. The van der Waals surface area contributed by atoms with Crippen molar-refractivity contribution < 1.29 is 4.74 Å². The Morgan fingerprint density at radius 1 is 1.12 bits per heavy atom. The highest BCUT2D eigenvalue weighted by molar-refractivity contribution is 6.30. The number of hydrogen-bond donors (Lipinski definition) is 1. The lowest BCUT2D eigenvalue weighted by Crippen LogP contribution is -2.04. The van der Waals surface area contributed by atoms with E-state index in [1.807, 2.05) is 43.4 Å². The Kier molecular flexibility index (Phi) is 4.96. The topological polar surface area (TPSA) is 47.0 Å². The van der Waals surface area contributed by atoms with E-state index in [9.17, 15) is 0 Å². The molecule has 0 fully saturated rings. The maximum atomic E-state index is 6.03. The van der Waals surface area contributed by atoms with Crippen LogP contribution in [0.25, 0.3) is 11.4 Å². The molecule has 2 aromatic carbocycles. The number of rotatable bonds is 5. The van der Waals surface area contributed by atoms with Gasteiger partial charge in [0.05, 0.1) is 0 Å². The van der Waals surface area contributed by atoms with Gasteiger partial charge in [-0.05, 0) is 30.7 Å². The number of anilines is 1. The van der Waals surface area contributed by atoms with Gasteiger partial charge in [0.15, 0.2) is 5.82 Å². The highest BCUT2D eigenvalue weighted by Gasteiger charge is 2.08. The fraction of sp³-hybridized carbons (Fsp3) is 0.158. The van der Waals surface area contributed by atoms with Crippen molar-refractivity contribution in [2.45, 2.75) is 13.5 Å². The summed E-state index contributed by atoms with van der Waals surface area (Å²) < 4.78 is 5.88. The predicted octanol–water partition coefficient (Wildman–Crippen LogP) is 4.73. The lowest BCUT2D eigenvalue weighted by Gasteiger charge is -2.13. The standard InChI is InChI=1S/C19H18ClN3O/c1-13-5-3-8-17(21-2)16(13)12-24-18-9-10-22-19(23-18)14-6-4-7-15(20)11-14/h3-11,21H,12H2,1-2H3. The molecule has 3 aromatic rings. The summed E-state index contributed by atoms with van der Waals surface area (Å²) in [4.78, 5) is 8.77. The molecule has 0 radical (unpaired) electrons. The molecule has 0 amide bonds. The summed E-state index contributed by atoms with van der Waals surface area (Å²) >= 11 is 6.03. The molecule has 5 heteroatoms. The predicted molar refractivity (Wildman–Crippen MR) is 97.5 cm³/mol. The molecule has 0 spiro atoms. The van der Waals surface area contributed by atoms with E-state index in [4.69, 9.17) is 16.3 Å². The summed E-state index contributed by atoms with van der Waals surface area (Å²) in [5.74, 6) is 1.12. The quantitative estimate of drug-likeness (QED) is 0.730. The minimum atomic E-state index is 0.439. The van der Waals surface area contributed by atoms with E-state index < -0.39 is 0 Å². The zero-order valence-electron chi connectivity index (χ0n) is 13.6. The maximum absolute atomic E-state index is 6.03. The van der Waals surface area contributed by atoms with E-state index in [2.05, 4.69) is 28.3 Å². The van der Waals surface area contributed by atoms with Gasteiger partial charge in [-0.15, -0.1) is 0 Å². The lowest BCUT2D eigenvalue weighted by molar-refractivity contribution is 0.293. The lowest BCUT2D eigenvalue weighted by atomic mass is 10.1. The third-order valence-electron chi connectivity index (χ3n) is 3.76. The van der Waals surface area contributed by atoms with Crippen LogP contribution < -0.4 is 10.1 Å². The number of aromatic nitrogens is 2. The molecule has 0 atom stereocenters. The van der Waals surface area contributed by atoms with Crippen LogP contribution in [0.4, 0.5) is 5.69 Å². The number of benzene rings is 2. The molecule has 1 aromatic heterocycles. The highest BCUT2D eigenvalue weighted by atomic mass is 35.5. The summed E-state index contributed by atoms with van der Waals surface area (Å²) in [6.07, 6.45) is 1.69. The van der Waals surface area contributed by atoms with Gasteiger partial charge in [0.25, 0.3) is 0 Å². The van der Waals surface area contributed by atoms with Gasteiger partial charge < -0.3 is 10.1 Å². The van der Waals surface area contributed by atoms with Gasteiger partial charge >= 0.3 is 0 Å².